The van der Waals surface area contributed by atoms with E-state index in [0.29, 0.717) is 22.8 Å². The van der Waals surface area contributed by atoms with Gasteiger partial charge in [0.2, 0.25) is 23.5 Å². The summed E-state index contributed by atoms with van der Waals surface area (Å²) >= 11 is 0. The lowest BCUT2D eigenvalue weighted by Gasteiger charge is -2.25. The molecule has 1 atom stereocenters. The summed E-state index contributed by atoms with van der Waals surface area (Å²) in [6.45, 7) is 13.7. The summed E-state index contributed by atoms with van der Waals surface area (Å²) < 4.78 is 17.5. The molecule has 4 rings (SSSR count). The average Bonchev–Trinajstić information content (AvgIpc) is 3.63. The zero-order valence-electron chi connectivity index (χ0n) is 26.3. The first kappa shape index (κ1) is 32.0. The number of aryl methyl sites for hydroxylation is 1. The van der Waals surface area contributed by atoms with Crippen LogP contribution in [0.3, 0.4) is 0 Å². The Hall–Kier alpha value is -4.88. The Balaban J connectivity index is 1.59. The molecule has 0 saturated heterocycles. The number of carbonyl (C=O) groups is 3. The van der Waals surface area contributed by atoms with Gasteiger partial charge in [0.25, 0.3) is 11.4 Å². The number of carbonyl (C=O) groups excluding carboxylic acids is 3. The third-order valence-corrected chi connectivity index (χ3v) is 7.00. The molecule has 0 aliphatic heterocycles. The van der Waals surface area contributed by atoms with E-state index >= 15 is 0 Å². The van der Waals surface area contributed by atoms with Gasteiger partial charge in [0.1, 0.15) is 29.0 Å². The molecule has 14 nitrogen and oxygen atoms in total. The van der Waals surface area contributed by atoms with Crippen molar-refractivity contribution < 1.29 is 28.0 Å². The van der Waals surface area contributed by atoms with Crippen LogP contribution in [0.5, 0.6) is 0 Å². The van der Waals surface area contributed by atoms with E-state index < -0.39 is 46.8 Å². The monoisotopic (exact) mass is 607 g/mol. The van der Waals surface area contributed by atoms with Crippen molar-refractivity contribution in [3.63, 3.8) is 0 Å². The third kappa shape index (κ3) is 6.38. The first-order chi connectivity index (χ1) is 20.5. The van der Waals surface area contributed by atoms with Gasteiger partial charge in [-0.3, -0.25) is 24.3 Å². The molecule has 0 fully saturated rings. The molecule has 0 unspecified atom stereocenters. The largest absolute Gasteiger partial charge is 0.453 e. The molecule has 0 saturated carbocycles. The molecular formula is C30H37N7O7. The van der Waals surface area contributed by atoms with Crippen LogP contribution < -0.4 is 16.2 Å². The maximum absolute atomic E-state index is 13.5. The number of para-hydroxylation sites is 2. The average molecular weight is 608 g/mol. The van der Waals surface area contributed by atoms with Crippen LogP contribution in [0.25, 0.3) is 11.1 Å². The van der Waals surface area contributed by atoms with Crippen molar-refractivity contribution in [2.24, 2.45) is 5.92 Å². The molecule has 0 bridgehead atoms. The number of ketones is 1. The minimum Gasteiger partial charge on any atom is -0.453 e. The predicted octanol–water partition coefficient (Wildman–Crippen LogP) is 3.90. The highest BCUT2D eigenvalue weighted by Gasteiger charge is 2.37. The van der Waals surface area contributed by atoms with E-state index in [1.807, 2.05) is 39.0 Å². The van der Waals surface area contributed by atoms with Gasteiger partial charge in [-0.25, -0.2) is 14.8 Å². The number of ether oxygens (including phenoxy) is 1. The quantitative estimate of drug-likeness (QED) is 0.263. The number of hydrogen-bond donors (Lipinski definition) is 2. The second-order valence-electron chi connectivity index (χ2n) is 12.3. The van der Waals surface area contributed by atoms with Gasteiger partial charge in [-0.1, -0.05) is 46.8 Å². The Labute approximate surface area is 253 Å². The summed E-state index contributed by atoms with van der Waals surface area (Å²) in [5.41, 5.74) is -0.819. The predicted molar refractivity (Wildman–Crippen MR) is 159 cm³/mol. The number of aromatic nitrogens is 5. The van der Waals surface area contributed by atoms with E-state index in [2.05, 4.69) is 35.5 Å². The van der Waals surface area contributed by atoms with Crippen molar-refractivity contribution >= 4 is 34.6 Å². The molecule has 0 aliphatic rings. The number of oxazole rings is 1. The molecule has 4 aromatic rings. The number of Topliss-reactive ketones (excluding diaryl/α,β-unsaturated/α-hetero) is 1. The van der Waals surface area contributed by atoms with Crippen molar-refractivity contribution in [1.82, 2.24) is 30.0 Å². The fourth-order valence-corrected chi connectivity index (χ4v) is 4.51. The molecular weight excluding hydrogens is 570 g/mol. The van der Waals surface area contributed by atoms with Crippen molar-refractivity contribution in [1.29, 1.82) is 0 Å². The smallest absolute Gasteiger partial charge is 0.411 e. The van der Waals surface area contributed by atoms with E-state index in [4.69, 9.17) is 8.83 Å². The van der Waals surface area contributed by atoms with E-state index in [1.165, 1.54) is 11.7 Å². The van der Waals surface area contributed by atoms with Gasteiger partial charge in [-0.05, 0) is 38.8 Å². The number of methoxy groups -OCH3 is 1. The summed E-state index contributed by atoms with van der Waals surface area (Å²) in [5.74, 6) is -1.14. The van der Waals surface area contributed by atoms with Crippen LogP contribution in [0.1, 0.15) is 82.5 Å². The van der Waals surface area contributed by atoms with Gasteiger partial charge in [0.15, 0.2) is 5.58 Å². The Morgan fingerprint density at radius 3 is 2.30 bits per heavy atom. The second kappa shape index (κ2) is 12.0. The van der Waals surface area contributed by atoms with Gasteiger partial charge in [-0.15, -0.1) is 10.2 Å². The molecule has 44 heavy (non-hydrogen) atoms. The van der Waals surface area contributed by atoms with Crippen LogP contribution in [0.15, 0.2) is 37.9 Å². The highest BCUT2D eigenvalue weighted by atomic mass is 16.5. The number of fused-ring (bicyclic) bond motifs is 1. The van der Waals surface area contributed by atoms with Crippen LogP contribution in [0.2, 0.25) is 0 Å². The van der Waals surface area contributed by atoms with Crippen molar-refractivity contribution in [2.45, 2.75) is 78.8 Å². The van der Waals surface area contributed by atoms with Crippen molar-refractivity contribution in [3.05, 3.63) is 63.8 Å². The molecule has 2 N–H and O–H groups in total. The summed E-state index contributed by atoms with van der Waals surface area (Å²) in [4.78, 5) is 61.2. The highest BCUT2D eigenvalue weighted by Crippen LogP contribution is 2.32. The van der Waals surface area contributed by atoms with Crippen LogP contribution in [0.4, 0.5) is 10.5 Å². The number of rotatable bonds is 9. The number of anilines is 1. The number of hydrogen-bond acceptors (Lipinski definition) is 11. The van der Waals surface area contributed by atoms with E-state index in [-0.39, 0.29) is 29.1 Å². The normalized spacial score (nSPS) is 12.8. The van der Waals surface area contributed by atoms with Crippen molar-refractivity contribution in [2.75, 3.05) is 12.4 Å². The Morgan fingerprint density at radius 1 is 1.00 bits per heavy atom. The van der Waals surface area contributed by atoms with E-state index in [0.717, 1.165) is 0 Å². The summed E-state index contributed by atoms with van der Waals surface area (Å²) in [5, 5.41) is 13.1. The third-order valence-electron chi connectivity index (χ3n) is 7.00. The first-order valence-corrected chi connectivity index (χ1v) is 14.0. The number of nitrogens with one attached hydrogen (secondary N) is 2. The van der Waals surface area contributed by atoms with Gasteiger partial charge in [0, 0.05) is 5.41 Å². The fourth-order valence-electron chi connectivity index (χ4n) is 4.51. The molecule has 14 heteroatoms. The Morgan fingerprint density at radius 2 is 1.68 bits per heavy atom. The summed E-state index contributed by atoms with van der Waals surface area (Å²) in [7, 11) is 1.17. The van der Waals surface area contributed by atoms with Crippen molar-refractivity contribution in [3.8, 4) is 0 Å². The standard InChI is InChI=1S/C30H37N7O7/c1-15(2)20(22(39)23-35-36-27(44-23)30(7,8)26-32-17-12-10-11-13-18(17)43-26)33-19(38)14-37-24(40)21(34-28(41)42-9)16(3)31-25(37)29(4,5)6/h10-13,15,20H,14H2,1-9H3,(H,33,38)(H,34,41)/t20-/m1/s1. The SMILES string of the molecule is COC(=O)Nc1c(C)nc(C(C)(C)C)n(CC(=O)N[C@@H](C(=O)c2nnc(C(C)(C)c3nc4ccccc4o3)o2)C(C)C)c1=O. The molecule has 234 valence electrons. The number of nitrogens with zero attached hydrogens (tertiary/aromatic N) is 5. The molecule has 3 heterocycles. The topological polar surface area (TPSA) is 184 Å². The van der Waals surface area contributed by atoms with Gasteiger partial charge >= 0.3 is 6.09 Å². The van der Waals surface area contributed by atoms with Gasteiger partial charge < -0.3 is 18.9 Å². The number of amides is 2. The molecule has 0 spiro atoms. The summed E-state index contributed by atoms with van der Waals surface area (Å²) in [6.07, 6.45) is -0.852. The van der Waals surface area contributed by atoms with E-state index in [1.54, 1.807) is 40.7 Å². The molecule has 0 aliphatic carbocycles. The molecule has 2 amide bonds. The maximum atomic E-state index is 13.5. The van der Waals surface area contributed by atoms with Crippen LogP contribution in [-0.4, -0.2) is 55.7 Å². The highest BCUT2D eigenvalue weighted by molar-refractivity contribution is 5.98. The molecule has 0 radical (unpaired) electrons. The Kier molecular flexibility index (Phi) is 8.75. The fraction of sp³-hybridized carbons (Fsp3) is 0.467. The van der Waals surface area contributed by atoms with Gasteiger partial charge in [-0.2, -0.15) is 0 Å². The minimum atomic E-state index is -1.05. The zero-order valence-corrected chi connectivity index (χ0v) is 26.3. The van der Waals surface area contributed by atoms with E-state index in [9.17, 15) is 19.2 Å². The van der Waals surface area contributed by atoms with Crippen LogP contribution in [-0.2, 0) is 26.9 Å². The molecule has 1 aromatic carbocycles. The second-order valence-corrected chi connectivity index (χ2v) is 12.3. The number of benzene rings is 1. The lowest BCUT2D eigenvalue weighted by Crippen LogP contribution is -2.47. The summed E-state index contributed by atoms with van der Waals surface area (Å²) in [6, 6.07) is 6.24. The maximum Gasteiger partial charge on any atom is 0.411 e. The zero-order chi connectivity index (χ0) is 32.6. The lowest BCUT2D eigenvalue weighted by molar-refractivity contribution is -0.122. The molecule has 3 aromatic heterocycles. The first-order valence-electron chi connectivity index (χ1n) is 14.0. The van der Waals surface area contributed by atoms with Crippen LogP contribution >= 0.6 is 0 Å². The Bertz CT molecular complexity index is 1740. The van der Waals surface area contributed by atoms with Crippen LogP contribution in [0, 0.1) is 12.8 Å². The lowest BCUT2D eigenvalue weighted by atomic mass is 9.93. The minimum absolute atomic E-state index is 0.110. The van der Waals surface area contributed by atoms with Gasteiger partial charge in [0.05, 0.1) is 18.8 Å².